The maximum absolute atomic E-state index is 13.3. The first kappa shape index (κ1) is 22.7. The second-order valence-electron chi connectivity index (χ2n) is 7.13. The maximum Gasteiger partial charge on any atom is 0.232 e. The molecule has 0 spiro atoms. The topological polar surface area (TPSA) is 120 Å². The molecular formula is C26H19N5O2S. The number of rotatable bonds is 7. The minimum absolute atomic E-state index is 0.0110. The molecule has 0 aliphatic rings. The first-order valence-corrected chi connectivity index (χ1v) is 11.4. The fraction of sp³-hybridized carbons (Fsp3) is 0.0769. The third-order valence-electron chi connectivity index (χ3n) is 5.02. The summed E-state index contributed by atoms with van der Waals surface area (Å²) in [6.45, 7) is 0. The van der Waals surface area contributed by atoms with Crippen molar-refractivity contribution in [2.45, 2.75) is 11.4 Å². The predicted molar refractivity (Wildman–Crippen MR) is 131 cm³/mol. The van der Waals surface area contributed by atoms with E-state index in [2.05, 4.69) is 11.1 Å². The van der Waals surface area contributed by atoms with Gasteiger partial charge in [-0.3, -0.25) is 9.69 Å². The smallest absolute Gasteiger partial charge is 0.232 e. The Morgan fingerprint density at radius 3 is 2.09 bits per heavy atom. The molecule has 8 heteroatoms. The predicted octanol–water partition coefficient (Wildman–Crippen LogP) is 5.51. The second kappa shape index (κ2) is 10.4. The molecule has 7 nitrogen and oxygen atoms in total. The number of nitrogen functional groups attached to an aromatic ring is 1. The van der Waals surface area contributed by atoms with Gasteiger partial charge >= 0.3 is 0 Å². The zero-order chi connectivity index (χ0) is 23.9. The van der Waals surface area contributed by atoms with E-state index in [4.69, 9.17) is 10.2 Å². The molecule has 0 saturated carbocycles. The Bertz CT molecular complexity index is 1340. The fourth-order valence-corrected chi connectivity index (χ4v) is 4.43. The van der Waals surface area contributed by atoms with E-state index in [0.29, 0.717) is 22.1 Å². The van der Waals surface area contributed by atoms with E-state index in [0.717, 1.165) is 11.4 Å². The summed E-state index contributed by atoms with van der Waals surface area (Å²) >= 11 is 1.24. The minimum Gasteiger partial charge on any atom is -0.464 e. The third-order valence-corrected chi connectivity index (χ3v) is 5.99. The van der Waals surface area contributed by atoms with Gasteiger partial charge in [-0.1, -0.05) is 36.4 Å². The van der Waals surface area contributed by atoms with Crippen LogP contribution in [0, 0.1) is 22.7 Å². The second-order valence-corrected chi connectivity index (χ2v) is 8.21. The number of benzene rings is 2. The highest BCUT2D eigenvalue weighted by Gasteiger charge is 2.23. The monoisotopic (exact) mass is 465 g/mol. The number of amides is 1. The molecule has 0 radical (unpaired) electrons. The largest absolute Gasteiger partial charge is 0.464 e. The highest BCUT2D eigenvalue weighted by Crippen LogP contribution is 2.36. The molecule has 0 fully saturated rings. The van der Waals surface area contributed by atoms with Crippen molar-refractivity contribution in [3.05, 3.63) is 90.2 Å². The quantitative estimate of drug-likeness (QED) is 0.357. The molecule has 0 saturated heterocycles. The molecule has 0 unspecified atom stereocenters. The lowest BCUT2D eigenvalue weighted by Crippen LogP contribution is -2.26. The van der Waals surface area contributed by atoms with Gasteiger partial charge in [0.15, 0.2) is 0 Å². The lowest BCUT2D eigenvalue weighted by Gasteiger charge is -2.23. The number of nitriles is 2. The van der Waals surface area contributed by atoms with E-state index in [1.165, 1.54) is 18.0 Å². The molecule has 166 valence electrons. The number of carbonyl (C=O) groups is 1. The fourth-order valence-electron chi connectivity index (χ4n) is 3.51. The van der Waals surface area contributed by atoms with E-state index in [9.17, 15) is 15.3 Å². The van der Waals surface area contributed by atoms with Crippen molar-refractivity contribution >= 4 is 34.9 Å². The summed E-state index contributed by atoms with van der Waals surface area (Å²) in [5, 5.41) is 19.7. The van der Waals surface area contributed by atoms with Gasteiger partial charge in [0.1, 0.15) is 34.3 Å². The van der Waals surface area contributed by atoms with E-state index in [-0.39, 0.29) is 29.3 Å². The molecule has 2 heterocycles. The van der Waals surface area contributed by atoms with Gasteiger partial charge in [0.05, 0.1) is 17.4 Å². The average molecular weight is 466 g/mol. The van der Waals surface area contributed by atoms with E-state index >= 15 is 0 Å². The van der Waals surface area contributed by atoms with Crippen LogP contribution in [0.4, 0.5) is 17.2 Å². The van der Waals surface area contributed by atoms with E-state index in [1.807, 2.05) is 66.7 Å². The Morgan fingerprint density at radius 2 is 1.56 bits per heavy atom. The molecule has 0 bridgehead atoms. The number of hydrogen-bond donors (Lipinski definition) is 1. The minimum atomic E-state index is -0.101. The number of anilines is 3. The Labute approximate surface area is 201 Å². The summed E-state index contributed by atoms with van der Waals surface area (Å²) in [5.74, 6) is 0.632. The van der Waals surface area contributed by atoms with Gasteiger partial charge in [-0.15, -0.1) is 11.8 Å². The number of pyridine rings is 1. The summed E-state index contributed by atoms with van der Waals surface area (Å²) in [6, 6.07) is 26.3. The van der Waals surface area contributed by atoms with Crippen LogP contribution in [0.15, 0.2) is 88.5 Å². The molecule has 0 aliphatic heterocycles. The van der Waals surface area contributed by atoms with Crippen LogP contribution in [0.3, 0.4) is 0 Å². The highest BCUT2D eigenvalue weighted by atomic mass is 32.2. The van der Waals surface area contributed by atoms with Crippen LogP contribution in [-0.4, -0.2) is 16.6 Å². The molecule has 2 aromatic carbocycles. The molecule has 34 heavy (non-hydrogen) atoms. The number of aromatic nitrogens is 1. The van der Waals surface area contributed by atoms with Gasteiger partial charge in [0, 0.05) is 23.5 Å². The van der Waals surface area contributed by atoms with Crippen LogP contribution in [0.2, 0.25) is 0 Å². The zero-order valence-electron chi connectivity index (χ0n) is 18.0. The summed E-state index contributed by atoms with van der Waals surface area (Å²) < 4.78 is 5.43. The molecule has 2 N–H and O–H groups in total. The average Bonchev–Trinajstić information content (AvgIpc) is 3.40. The van der Waals surface area contributed by atoms with Crippen LogP contribution in [0.25, 0.3) is 11.3 Å². The Kier molecular flexibility index (Phi) is 6.92. The maximum atomic E-state index is 13.3. The van der Waals surface area contributed by atoms with Crippen LogP contribution in [0.5, 0.6) is 0 Å². The van der Waals surface area contributed by atoms with Gasteiger partial charge in [-0.05, 0) is 36.4 Å². The lowest BCUT2D eigenvalue weighted by atomic mass is 10.0. The SMILES string of the molecule is N#Cc1c(N)nc(SCCC(=O)N(c2ccccc2)c2ccccc2)c(C#N)c1-c1ccco1. The van der Waals surface area contributed by atoms with Crippen LogP contribution >= 0.6 is 11.8 Å². The molecule has 1 amide bonds. The highest BCUT2D eigenvalue weighted by molar-refractivity contribution is 7.99. The van der Waals surface area contributed by atoms with Crippen molar-refractivity contribution in [1.29, 1.82) is 10.5 Å². The van der Waals surface area contributed by atoms with E-state index in [1.54, 1.807) is 17.0 Å². The van der Waals surface area contributed by atoms with Crippen molar-refractivity contribution in [3.63, 3.8) is 0 Å². The number of nitrogens with two attached hydrogens (primary N) is 1. The standard InChI is InChI=1S/C26H19N5O2S/c27-16-20-24(22-12-7-14-33-22)21(17-28)26(30-25(20)29)34-15-13-23(32)31(18-8-3-1-4-9-18)19-10-5-2-6-11-19/h1-12,14H,13,15H2,(H2,29,30). The molecule has 0 atom stereocenters. The first-order chi connectivity index (χ1) is 16.6. The number of carbonyl (C=O) groups excluding carboxylic acids is 1. The van der Waals surface area contributed by atoms with Crippen molar-refractivity contribution in [2.24, 2.45) is 0 Å². The molecule has 4 rings (SSSR count). The summed E-state index contributed by atoms with van der Waals surface area (Å²) in [4.78, 5) is 19.2. The number of furan rings is 1. The number of hydrogen-bond acceptors (Lipinski definition) is 7. The van der Waals surface area contributed by atoms with Gasteiger partial charge in [-0.2, -0.15) is 10.5 Å². The zero-order valence-corrected chi connectivity index (χ0v) is 18.8. The molecular weight excluding hydrogens is 446 g/mol. The Morgan fingerprint density at radius 1 is 0.941 bits per heavy atom. The number of para-hydroxylation sites is 2. The molecule has 0 aliphatic carbocycles. The van der Waals surface area contributed by atoms with E-state index < -0.39 is 0 Å². The van der Waals surface area contributed by atoms with Crippen LogP contribution < -0.4 is 10.6 Å². The number of nitrogens with zero attached hydrogens (tertiary/aromatic N) is 4. The number of thioether (sulfide) groups is 1. The van der Waals surface area contributed by atoms with Gasteiger partial charge in [0.25, 0.3) is 0 Å². The third kappa shape index (κ3) is 4.63. The van der Waals surface area contributed by atoms with Crippen molar-refractivity contribution < 1.29 is 9.21 Å². The van der Waals surface area contributed by atoms with Crippen molar-refractivity contribution in [2.75, 3.05) is 16.4 Å². The Hall–Kier alpha value is -4.53. The normalized spacial score (nSPS) is 10.3. The van der Waals surface area contributed by atoms with Gasteiger partial charge in [-0.25, -0.2) is 4.98 Å². The van der Waals surface area contributed by atoms with Crippen molar-refractivity contribution in [3.8, 4) is 23.5 Å². The first-order valence-electron chi connectivity index (χ1n) is 10.4. The van der Waals surface area contributed by atoms with Crippen LogP contribution in [0.1, 0.15) is 17.5 Å². The van der Waals surface area contributed by atoms with Gasteiger partial charge in [0.2, 0.25) is 5.91 Å². The summed E-state index contributed by atoms with van der Waals surface area (Å²) in [7, 11) is 0. The van der Waals surface area contributed by atoms with Crippen LogP contribution in [-0.2, 0) is 4.79 Å². The van der Waals surface area contributed by atoms with Crippen molar-refractivity contribution in [1.82, 2.24) is 4.98 Å². The molecule has 2 aromatic heterocycles. The van der Waals surface area contributed by atoms with Gasteiger partial charge < -0.3 is 10.2 Å². The Balaban J connectivity index is 1.59. The summed E-state index contributed by atoms with van der Waals surface area (Å²) in [5.41, 5.74) is 8.15. The summed E-state index contributed by atoms with van der Waals surface area (Å²) in [6.07, 6.45) is 1.65. The molecule has 4 aromatic rings. The lowest BCUT2D eigenvalue weighted by molar-refractivity contribution is -0.117.